The van der Waals surface area contributed by atoms with Crippen molar-refractivity contribution >= 4 is 29.0 Å². The molecule has 0 aliphatic carbocycles. The first-order valence-electron chi connectivity index (χ1n) is 8.35. The molecule has 1 aromatic carbocycles. The third-order valence-electron chi connectivity index (χ3n) is 3.99. The molecule has 0 fully saturated rings. The number of nitriles is 1. The first-order valence-corrected chi connectivity index (χ1v) is 8.35. The number of rotatable bonds is 5. The smallest absolute Gasteiger partial charge is 0.285 e. The zero-order chi connectivity index (χ0) is 21.0. The third-order valence-corrected chi connectivity index (χ3v) is 3.99. The Kier molecular flexibility index (Phi) is 6.05. The normalized spacial score (nSPS) is 10.1. The minimum absolute atomic E-state index is 0.0663. The zero-order valence-corrected chi connectivity index (χ0v) is 15.9. The Morgan fingerprint density at radius 3 is 2.36 bits per heavy atom. The maximum atomic E-state index is 12.8. The summed E-state index contributed by atoms with van der Waals surface area (Å²) in [7, 11) is 0. The molecule has 0 aliphatic rings. The zero-order valence-electron chi connectivity index (χ0n) is 15.9. The van der Waals surface area contributed by atoms with Gasteiger partial charge in [0.15, 0.2) is 5.78 Å². The average molecular weight is 381 g/mol. The topological polar surface area (TPSA) is 134 Å². The molecule has 2 N–H and O–H groups in total. The number of nitrogens with zero attached hydrogens (tertiary/aromatic N) is 3. The lowest BCUT2D eigenvalue weighted by atomic mass is 10.1. The van der Waals surface area contributed by atoms with Gasteiger partial charge in [-0.3, -0.25) is 19.2 Å². The lowest BCUT2D eigenvalue weighted by Gasteiger charge is -2.13. The number of ketones is 1. The Morgan fingerprint density at radius 2 is 1.79 bits per heavy atom. The van der Waals surface area contributed by atoms with E-state index >= 15 is 0 Å². The molecular formula is C19H19N5O4. The number of carbonyl (C=O) groups excluding carboxylic acids is 3. The van der Waals surface area contributed by atoms with E-state index in [9.17, 15) is 24.4 Å². The maximum Gasteiger partial charge on any atom is 0.285 e. The summed E-state index contributed by atoms with van der Waals surface area (Å²) in [6, 6.07) is 6.24. The summed E-state index contributed by atoms with van der Waals surface area (Å²) < 4.78 is 0.933. The average Bonchev–Trinajstić information content (AvgIpc) is 2.59. The molecule has 0 radical (unpaired) electrons. The van der Waals surface area contributed by atoms with E-state index in [1.54, 1.807) is 13.8 Å². The summed E-state index contributed by atoms with van der Waals surface area (Å²) in [5.74, 6) is -1.19. The lowest BCUT2D eigenvalue weighted by Crippen LogP contribution is -2.30. The van der Waals surface area contributed by atoms with Gasteiger partial charge in [-0.15, -0.1) is 0 Å². The first-order chi connectivity index (χ1) is 13.1. The Morgan fingerprint density at radius 1 is 1.14 bits per heavy atom. The molecule has 9 heteroatoms. The predicted octanol–water partition coefficient (Wildman–Crippen LogP) is 1.53. The molecule has 0 aliphatic heterocycles. The minimum atomic E-state index is -0.658. The number of nitrogens with one attached hydrogen (secondary N) is 2. The summed E-state index contributed by atoms with van der Waals surface area (Å²) in [5, 5.41) is 18.4. The highest BCUT2D eigenvalue weighted by Crippen LogP contribution is 2.22. The van der Waals surface area contributed by atoms with Crippen LogP contribution in [0.5, 0.6) is 0 Å². The van der Waals surface area contributed by atoms with E-state index in [4.69, 9.17) is 0 Å². The number of anilines is 2. The van der Waals surface area contributed by atoms with Gasteiger partial charge in [0.1, 0.15) is 18.2 Å². The number of hydrogen-bond donors (Lipinski definition) is 2. The fourth-order valence-electron chi connectivity index (χ4n) is 2.59. The van der Waals surface area contributed by atoms with Crippen LogP contribution in [-0.4, -0.2) is 27.4 Å². The van der Waals surface area contributed by atoms with Gasteiger partial charge in [-0.2, -0.15) is 10.4 Å². The molecular weight excluding hydrogens is 362 g/mol. The Labute approximate surface area is 161 Å². The lowest BCUT2D eigenvalue weighted by molar-refractivity contribution is -0.115. The molecule has 0 bridgehead atoms. The van der Waals surface area contributed by atoms with Gasteiger partial charge in [-0.1, -0.05) is 0 Å². The second kappa shape index (κ2) is 8.26. The van der Waals surface area contributed by atoms with Crippen LogP contribution in [0.15, 0.2) is 23.0 Å². The number of carbonyl (C=O) groups is 3. The molecule has 2 amide bonds. The summed E-state index contributed by atoms with van der Waals surface area (Å²) >= 11 is 0. The number of Topliss-reactive ketones (excluding diaryl/α,β-unsaturated/α-hetero) is 1. The fraction of sp³-hybridized carbons (Fsp3) is 0.263. The molecule has 28 heavy (non-hydrogen) atoms. The second-order valence-corrected chi connectivity index (χ2v) is 6.21. The van der Waals surface area contributed by atoms with Crippen molar-refractivity contribution < 1.29 is 14.4 Å². The first kappa shape index (κ1) is 20.5. The molecule has 0 saturated heterocycles. The van der Waals surface area contributed by atoms with Gasteiger partial charge < -0.3 is 10.6 Å². The maximum absolute atomic E-state index is 12.8. The van der Waals surface area contributed by atoms with E-state index in [2.05, 4.69) is 15.7 Å². The highest BCUT2D eigenvalue weighted by Gasteiger charge is 2.18. The van der Waals surface area contributed by atoms with Crippen molar-refractivity contribution in [3.63, 3.8) is 0 Å². The van der Waals surface area contributed by atoms with Crippen molar-refractivity contribution in [3.8, 4) is 6.07 Å². The van der Waals surface area contributed by atoms with Crippen LogP contribution in [-0.2, 0) is 16.1 Å². The number of benzene rings is 1. The summed E-state index contributed by atoms with van der Waals surface area (Å²) in [6.07, 6.45) is 0. The number of aryl methyl sites for hydroxylation is 1. The van der Waals surface area contributed by atoms with Crippen LogP contribution in [0.4, 0.5) is 11.4 Å². The minimum Gasteiger partial charge on any atom is -0.326 e. The van der Waals surface area contributed by atoms with Gasteiger partial charge in [0.2, 0.25) is 11.8 Å². The second-order valence-electron chi connectivity index (χ2n) is 6.21. The quantitative estimate of drug-likeness (QED) is 0.754. The Hall–Kier alpha value is -3.80. The molecule has 9 nitrogen and oxygen atoms in total. The molecule has 2 aromatic rings. The van der Waals surface area contributed by atoms with Crippen molar-refractivity contribution in [2.45, 2.75) is 34.2 Å². The van der Waals surface area contributed by atoms with Crippen LogP contribution >= 0.6 is 0 Å². The molecule has 0 atom stereocenters. The summed E-state index contributed by atoms with van der Waals surface area (Å²) in [4.78, 5) is 47.9. The molecule has 1 heterocycles. The number of aromatic nitrogens is 2. The van der Waals surface area contributed by atoms with Crippen LogP contribution < -0.4 is 16.2 Å². The Bertz CT molecular complexity index is 1080. The van der Waals surface area contributed by atoms with Crippen molar-refractivity contribution in [2.24, 2.45) is 0 Å². The highest BCUT2D eigenvalue weighted by atomic mass is 16.2. The van der Waals surface area contributed by atoms with Gasteiger partial charge in [-0.25, -0.2) is 4.68 Å². The molecule has 0 unspecified atom stereocenters. The van der Waals surface area contributed by atoms with Crippen molar-refractivity contribution in [2.75, 3.05) is 10.6 Å². The van der Waals surface area contributed by atoms with Gasteiger partial charge in [0.25, 0.3) is 5.56 Å². The van der Waals surface area contributed by atoms with E-state index in [1.807, 2.05) is 6.07 Å². The van der Waals surface area contributed by atoms with Crippen molar-refractivity contribution in [1.29, 1.82) is 5.26 Å². The standard InChI is InChI=1S/C19H19N5O4/c1-10-11(2)23-24(19(28)16(10)8-20)9-18(27)15-6-5-14(21-12(3)25)7-17(15)22-13(4)26/h5-7H,9H2,1-4H3,(H,21,25)(H,22,26). The fourth-order valence-corrected chi connectivity index (χ4v) is 2.59. The van der Waals surface area contributed by atoms with E-state index in [1.165, 1.54) is 32.0 Å². The van der Waals surface area contributed by atoms with E-state index < -0.39 is 23.8 Å². The Balaban J connectivity index is 2.46. The summed E-state index contributed by atoms with van der Waals surface area (Å²) in [5.41, 5.74) is 0.956. The molecule has 144 valence electrons. The highest BCUT2D eigenvalue weighted by molar-refractivity contribution is 6.05. The largest absolute Gasteiger partial charge is 0.326 e. The van der Waals surface area contributed by atoms with Crippen LogP contribution in [0.25, 0.3) is 0 Å². The van der Waals surface area contributed by atoms with Gasteiger partial charge in [0.05, 0.1) is 11.4 Å². The van der Waals surface area contributed by atoms with Crippen molar-refractivity contribution in [3.05, 3.63) is 50.9 Å². The van der Waals surface area contributed by atoms with Crippen LogP contribution in [0.2, 0.25) is 0 Å². The van der Waals surface area contributed by atoms with E-state index in [0.717, 1.165) is 4.68 Å². The monoisotopic (exact) mass is 381 g/mol. The molecule has 1 aromatic heterocycles. The van der Waals surface area contributed by atoms with Gasteiger partial charge in [-0.05, 0) is 37.6 Å². The van der Waals surface area contributed by atoms with Crippen molar-refractivity contribution in [1.82, 2.24) is 9.78 Å². The van der Waals surface area contributed by atoms with E-state index in [-0.39, 0.29) is 22.7 Å². The predicted molar refractivity (Wildman–Crippen MR) is 102 cm³/mol. The van der Waals surface area contributed by atoms with Crippen LogP contribution in [0, 0.1) is 25.2 Å². The number of hydrogen-bond acceptors (Lipinski definition) is 6. The molecule has 0 saturated carbocycles. The van der Waals surface area contributed by atoms with E-state index in [0.29, 0.717) is 16.9 Å². The third kappa shape index (κ3) is 4.48. The van der Waals surface area contributed by atoms with Gasteiger partial charge in [0, 0.05) is 25.1 Å². The SMILES string of the molecule is CC(=O)Nc1ccc(C(=O)Cn2nc(C)c(C)c(C#N)c2=O)c(NC(C)=O)c1. The summed E-state index contributed by atoms with van der Waals surface area (Å²) in [6.45, 7) is 5.47. The van der Waals surface area contributed by atoms with Gasteiger partial charge >= 0.3 is 0 Å². The molecule has 2 rings (SSSR count). The molecule has 0 spiro atoms. The van der Waals surface area contributed by atoms with Crippen LogP contribution in [0.3, 0.4) is 0 Å². The number of amides is 2. The van der Waals surface area contributed by atoms with Crippen LogP contribution in [0.1, 0.15) is 41.0 Å².